The van der Waals surface area contributed by atoms with Crippen molar-refractivity contribution in [3.05, 3.63) is 0 Å². The van der Waals surface area contributed by atoms with Crippen molar-refractivity contribution in [3.63, 3.8) is 0 Å². The minimum absolute atomic E-state index is 0.0330. The molecule has 0 aliphatic carbocycles. The lowest BCUT2D eigenvalue weighted by molar-refractivity contribution is -0.124. The lowest BCUT2D eigenvalue weighted by atomic mass is 9.87. The monoisotopic (exact) mass is 214 g/mol. The molecule has 0 aromatic carbocycles. The summed E-state index contributed by atoms with van der Waals surface area (Å²) in [5.74, 6) is 0.538. The lowest BCUT2D eigenvalue weighted by Crippen LogP contribution is -2.49. The fraction of sp³-hybridized carbons (Fsp3) is 0.917. The van der Waals surface area contributed by atoms with Crippen molar-refractivity contribution in [2.45, 2.75) is 53.5 Å². The van der Waals surface area contributed by atoms with E-state index < -0.39 is 6.04 Å². The van der Waals surface area contributed by atoms with Crippen LogP contribution in [0.4, 0.5) is 0 Å². The molecule has 0 saturated heterocycles. The summed E-state index contributed by atoms with van der Waals surface area (Å²) in [6.45, 7) is 11.0. The van der Waals surface area contributed by atoms with Crippen molar-refractivity contribution < 1.29 is 4.79 Å². The van der Waals surface area contributed by atoms with Crippen LogP contribution in [0.25, 0.3) is 0 Å². The number of hydrogen-bond acceptors (Lipinski definition) is 2. The molecule has 15 heavy (non-hydrogen) atoms. The maximum atomic E-state index is 11.7. The molecule has 3 nitrogen and oxygen atoms in total. The summed E-state index contributed by atoms with van der Waals surface area (Å²) in [6.07, 6.45) is 2.20. The first kappa shape index (κ1) is 14.4. The fourth-order valence-corrected chi connectivity index (χ4v) is 1.33. The van der Waals surface area contributed by atoms with E-state index in [-0.39, 0.29) is 11.3 Å². The molecular formula is C12H26N2O. The molecule has 3 heteroatoms. The first-order chi connectivity index (χ1) is 6.82. The second kappa shape index (κ2) is 6.11. The minimum atomic E-state index is -0.424. The SMILES string of the molecule is CCC(CC)CNC(=O)C(N)C(C)(C)C. The predicted octanol–water partition coefficient (Wildman–Crippen LogP) is 1.91. The lowest BCUT2D eigenvalue weighted by Gasteiger charge is -2.26. The van der Waals surface area contributed by atoms with E-state index in [4.69, 9.17) is 5.73 Å². The van der Waals surface area contributed by atoms with Gasteiger partial charge < -0.3 is 11.1 Å². The van der Waals surface area contributed by atoms with Crippen LogP contribution in [-0.4, -0.2) is 18.5 Å². The zero-order valence-electron chi connectivity index (χ0n) is 10.8. The molecule has 1 amide bonds. The van der Waals surface area contributed by atoms with Crippen molar-refractivity contribution in [2.24, 2.45) is 17.1 Å². The maximum absolute atomic E-state index is 11.7. The number of carbonyl (C=O) groups excluding carboxylic acids is 1. The summed E-state index contributed by atoms with van der Waals surface area (Å²) < 4.78 is 0. The number of amides is 1. The van der Waals surface area contributed by atoms with Crippen molar-refractivity contribution in [1.29, 1.82) is 0 Å². The van der Waals surface area contributed by atoms with Crippen LogP contribution >= 0.6 is 0 Å². The first-order valence-corrected chi connectivity index (χ1v) is 5.86. The van der Waals surface area contributed by atoms with E-state index in [0.29, 0.717) is 5.92 Å². The highest BCUT2D eigenvalue weighted by molar-refractivity contribution is 5.82. The van der Waals surface area contributed by atoms with Crippen LogP contribution in [0.1, 0.15) is 47.5 Å². The largest absolute Gasteiger partial charge is 0.354 e. The Morgan fingerprint density at radius 1 is 1.27 bits per heavy atom. The molecule has 0 spiro atoms. The fourth-order valence-electron chi connectivity index (χ4n) is 1.33. The van der Waals surface area contributed by atoms with Gasteiger partial charge in [-0.1, -0.05) is 47.5 Å². The van der Waals surface area contributed by atoms with E-state index in [0.717, 1.165) is 19.4 Å². The average molecular weight is 214 g/mol. The highest BCUT2D eigenvalue weighted by Crippen LogP contribution is 2.17. The Hall–Kier alpha value is -0.570. The molecule has 1 atom stereocenters. The van der Waals surface area contributed by atoms with Gasteiger partial charge in [0.1, 0.15) is 0 Å². The van der Waals surface area contributed by atoms with Crippen molar-refractivity contribution >= 4 is 5.91 Å². The molecule has 0 saturated carbocycles. The second-order valence-corrected chi connectivity index (χ2v) is 5.27. The van der Waals surface area contributed by atoms with Crippen LogP contribution in [0.3, 0.4) is 0 Å². The highest BCUT2D eigenvalue weighted by atomic mass is 16.2. The molecule has 0 fully saturated rings. The Bertz CT molecular complexity index is 192. The summed E-state index contributed by atoms with van der Waals surface area (Å²) in [4.78, 5) is 11.7. The maximum Gasteiger partial charge on any atom is 0.237 e. The van der Waals surface area contributed by atoms with Crippen LogP contribution in [0.2, 0.25) is 0 Å². The van der Waals surface area contributed by atoms with Crippen LogP contribution in [0, 0.1) is 11.3 Å². The van der Waals surface area contributed by atoms with Gasteiger partial charge in [-0.2, -0.15) is 0 Å². The van der Waals surface area contributed by atoms with Gasteiger partial charge in [-0.05, 0) is 11.3 Å². The first-order valence-electron chi connectivity index (χ1n) is 5.86. The van der Waals surface area contributed by atoms with Crippen LogP contribution in [0.5, 0.6) is 0 Å². The number of nitrogens with one attached hydrogen (secondary N) is 1. The zero-order chi connectivity index (χ0) is 12.1. The quantitative estimate of drug-likeness (QED) is 0.734. The third kappa shape index (κ3) is 5.17. The number of hydrogen-bond donors (Lipinski definition) is 2. The molecule has 0 aromatic heterocycles. The van der Waals surface area contributed by atoms with Gasteiger partial charge in [0.15, 0.2) is 0 Å². The van der Waals surface area contributed by atoms with Crippen LogP contribution < -0.4 is 11.1 Å². The summed E-state index contributed by atoms with van der Waals surface area (Å²) in [7, 11) is 0. The summed E-state index contributed by atoms with van der Waals surface area (Å²) in [6, 6.07) is -0.424. The number of carbonyl (C=O) groups is 1. The summed E-state index contributed by atoms with van der Waals surface area (Å²) in [5.41, 5.74) is 5.68. The summed E-state index contributed by atoms with van der Waals surface area (Å²) >= 11 is 0. The standard InChI is InChI=1S/C12H26N2O/c1-6-9(7-2)8-14-11(15)10(13)12(3,4)5/h9-10H,6-8,13H2,1-5H3,(H,14,15). The second-order valence-electron chi connectivity index (χ2n) is 5.27. The Morgan fingerprint density at radius 3 is 2.07 bits per heavy atom. The van der Waals surface area contributed by atoms with Gasteiger partial charge in [-0.3, -0.25) is 4.79 Å². The van der Waals surface area contributed by atoms with Crippen LogP contribution in [0.15, 0.2) is 0 Å². The van der Waals surface area contributed by atoms with E-state index in [2.05, 4.69) is 19.2 Å². The molecule has 0 aromatic rings. The molecule has 1 unspecified atom stereocenters. The number of nitrogens with two attached hydrogens (primary N) is 1. The molecular weight excluding hydrogens is 188 g/mol. The molecule has 0 rings (SSSR count). The normalized spacial score (nSPS) is 14.1. The third-order valence-corrected chi connectivity index (χ3v) is 2.94. The Labute approximate surface area is 93.8 Å². The topological polar surface area (TPSA) is 55.1 Å². The van der Waals surface area contributed by atoms with Gasteiger partial charge in [0.25, 0.3) is 0 Å². The van der Waals surface area contributed by atoms with E-state index in [1.165, 1.54) is 0 Å². The summed E-state index contributed by atoms with van der Waals surface area (Å²) in [5, 5.41) is 2.93. The van der Waals surface area contributed by atoms with E-state index in [9.17, 15) is 4.79 Å². The van der Waals surface area contributed by atoms with Crippen LogP contribution in [-0.2, 0) is 4.79 Å². The molecule has 0 aliphatic rings. The Kier molecular flexibility index (Phi) is 5.88. The van der Waals surface area contributed by atoms with Crippen molar-refractivity contribution in [1.82, 2.24) is 5.32 Å². The highest BCUT2D eigenvalue weighted by Gasteiger charge is 2.27. The van der Waals surface area contributed by atoms with Gasteiger partial charge in [-0.15, -0.1) is 0 Å². The molecule has 3 N–H and O–H groups in total. The third-order valence-electron chi connectivity index (χ3n) is 2.94. The molecule has 0 aliphatic heterocycles. The number of rotatable bonds is 5. The Balaban J connectivity index is 4.04. The molecule has 0 heterocycles. The smallest absolute Gasteiger partial charge is 0.237 e. The predicted molar refractivity (Wildman–Crippen MR) is 64.5 cm³/mol. The zero-order valence-corrected chi connectivity index (χ0v) is 10.8. The van der Waals surface area contributed by atoms with Gasteiger partial charge in [0.05, 0.1) is 6.04 Å². The van der Waals surface area contributed by atoms with Gasteiger partial charge in [0.2, 0.25) is 5.91 Å². The van der Waals surface area contributed by atoms with E-state index >= 15 is 0 Å². The van der Waals surface area contributed by atoms with E-state index in [1.807, 2.05) is 20.8 Å². The van der Waals surface area contributed by atoms with E-state index in [1.54, 1.807) is 0 Å². The van der Waals surface area contributed by atoms with Gasteiger partial charge in [0, 0.05) is 6.54 Å². The average Bonchev–Trinajstić information content (AvgIpc) is 2.16. The van der Waals surface area contributed by atoms with Crippen molar-refractivity contribution in [3.8, 4) is 0 Å². The molecule has 0 radical (unpaired) electrons. The van der Waals surface area contributed by atoms with Crippen molar-refractivity contribution in [2.75, 3.05) is 6.54 Å². The van der Waals surface area contributed by atoms with Gasteiger partial charge in [-0.25, -0.2) is 0 Å². The van der Waals surface area contributed by atoms with Gasteiger partial charge >= 0.3 is 0 Å². The Morgan fingerprint density at radius 2 is 1.73 bits per heavy atom. The minimum Gasteiger partial charge on any atom is -0.354 e. The molecule has 0 bridgehead atoms. The molecule has 90 valence electrons.